The van der Waals surface area contributed by atoms with E-state index in [1.807, 2.05) is 6.92 Å². The first-order valence-electron chi connectivity index (χ1n) is 3.67. The van der Waals surface area contributed by atoms with Crippen LogP contribution >= 0.6 is 0 Å². The van der Waals surface area contributed by atoms with Crippen molar-refractivity contribution in [2.45, 2.75) is 25.7 Å². The first kappa shape index (κ1) is 10.6. The number of halogens is 2. The zero-order chi connectivity index (χ0) is 8.74. The Morgan fingerprint density at radius 1 is 1.45 bits per heavy atom. The summed E-state index contributed by atoms with van der Waals surface area (Å²) in [6, 6.07) is 0. The summed E-state index contributed by atoms with van der Waals surface area (Å²) >= 11 is 0. The molecule has 0 amide bonds. The summed E-state index contributed by atoms with van der Waals surface area (Å²) in [6.07, 6.45) is 3.97. The summed E-state index contributed by atoms with van der Waals surface area (Å²) < 4.78 is 29.4. The number of unbranched alkanes of at least 4 members (excludes halogenated alkanes) is 1. The van der Waals surface area contributed by atoms with Gasteiger partial charge in [-0.1, -0.05) is 19.4 Å². The minimum Gasteiger partial charge on any atom is -0.378 e. The lowest BCUT2D eigenvalue weighted by Crippen LogP contribution is -2.19. The summed E-state index contributed by atoms with van der Waals surface area (Å²) in [5.41, 5.74) is 0. The minimum absolute atomic E-state index is 0.535. The Morgan fingerprint density at radius 2 is 2.09 bits per heavy atom. The summed E-state index contributed by atoms with van der Waals surface area (Å²) in [5, 5.41) is 0. The first-order valence-corrected chi connectivity index (χ1v) is 3.67. The number of methoxy groups -OCH3 is 1. The van der Waals surface area contributed by atoms with Crippen molar-refractivity contribution in [2.24, 2.45) is 0 Å². The number of alkyl halides is 2. The van der Waals surface area contributed by atoms with Crippen LogP contribution in [0.1, 0.15) is 19.8 Å². The van der Waals surface area contributed by atoms with Gasteiger partial charge in [0, 0.05) is 7.11 Å². The van der Waals surface area contributed by atoms with Crippen LogP contribution in [0.2, 0.25) is 0 Å². The van der Waals surface area contributed by atoms with Gasteiger partial charge in [-0.25, -0.2) is 0 Å². The third-order valence-corrected chi connectivity index (χ3v) is 1.15. The van der Waals surface area contributed by atoms with Gasteiger partial charge in [0.1, 0.15) is 6.61 Å². The van der Waals surface area contributed by atoms with E-state index in [2.05, 4.69) is 4.74 Å². The molecule has 0 atom stereocenters. The Morgan fingerprint density at radius 3 is 2.55 bits per heavy atom. The van der Waals surface area contributed by atoms with E-state index in [-0.39, 0.29) is 0 Å². The second-order valence-corrected chi connectivity index (χ2v) is 2.39. The number of ether oxygens (including phenoxy) is 1. The fourth-order valence-corrected chi connectivity index (χ4v) is 0.663. The summed E-state index contributed by atoms with van der Waals surface area (Å²) in [4.78, 5) is 0. The van der Waals surface area contributed by atoms with E-state index >= 15 is 0 Å². The molecule has 0 bridgehead atoms. The highest BCUT2D eigenvalue weighted by atomic mass is 19.3. The van der Waals surface area contributed by atoms with Gasteiger partial charge in [-0.3, -0.25) is 0 Å². The van der Waals surface area contributed by atoms with Gasteiger partial charge in [0.15, 0.2) is 0 Å². The van der Waals surface area contributed by atoms with Crippen LogP contribution in [0.15, 0.2) is 12.2 Å². The number of hydrogen-bond acceptors (Lipinski definition) is 1. The zero-order valence-corrected chi connectivity index (χ0v) is 6.94. The lowest BCUT2D eigenvalue weighted by atomic mass is 10.2. The van der Waals surface area contributed by atoms with E-state index < -0.39 is 12.5 Å². The summed E-state index contributed by atoms with van der Waals surface area (Å²) in [6.45, 7) is 1.41. The molecule has 66 valence electrons. The van der Waals surface area contributed by atoms with Crippen molar-refractivity contribution in [1.82, 2.24) is 0 Å². The second-order valence-electron chi connectivity index (χ2n) is 2.39. The van der Waals surface area contributed by atoms with Crippen LogP contribution in [0.4, 0.5) is 8.78 Å². The molecule has 0 aliphatic carbocycles. The smallest absolute Gasteiger partial charge is 0.289 e. The predicted molar refractivity (Wildman–Crippen MR) is 40.9 cm³/mol. The minimum atomic E-state index is -2.80. The molecule has 0 N–H and O–H groups in total. The predicted octanol–water partition coefficient (Wildman–Crippen LogP) is 2.62. The molecule has 0 radical (unpaired) electrons. The van der Waals surface area contributed by atoms with Crippen LogP contribution in [-0.2, 0) is 4.74 Å². The molecular weight excluding hydrogens is 150 g/mol. The number of rotatable bonds is 5. The van der Waals surface area contributed by atoms with E-state index in [1.165, 1.54) is 13.2 Å². The van der Waals surface area contributed by atoms with Gasteiger partial charge in [-0.2, -0.15) is 8.78 Å². The van der Waals surface area contributed by atoms with Gasteiger partial charge >= 0.3 is 0 Å². The lowest BCUT2D eigenvalue weighted by Gasteiger charge is -2.08. The molecule has 0 aromatic rings. The van der Waals surface area contributed by atoms with Crippen molar-refractivity contribution >= 4 is 0 Å². The highest BCUT2D eigenvalue weighted by Crippen LogP contribution is 2.15. The Kier molecular flexibility index (Phi) is 5.03. The van der Waals surface area contributed by atoms with Crippen LogP contribution in [0.25, 0.3) is 0 Å². The normalized spacial score (nSPS) is 12.7. The fourth-order valence-electron chi connectivity index (χ4n) is 0.663. The lowest BCUT2D eigenvalue weighted by molar-refractivity contribution is -0.0233. The maximum absolute atomic E-state index is 12.5. The topological polar surface area (TPSA) is 9.23 Å². The van der Waals surface area contributed by atoms with Crippen molar-refractivity contribution in [2.75, 3.05) is 13.7 Å². The molecule has 0 rings (SSSR count). The maximum Gasteiger partial charge on any atom is 0.289 e. The quantitative estimate of drug-likeness (QED) is 0.567. The third kappa shape index (κ3) is 5.98. The standard InChI is InChI=1S/C8H14F2O/c1-3-4-5-6-8(9,10)7-11-2/h5-6H,3-4,7H2,1-2H3/b6-5+. The Bertz CT molecular complexity index is 121. The van der Waals surface area contributed by atoms with Gasteiger partial charge in [0.25, 0.3) is 5.92 Å². The van der Waals surface area contributed by atoms with Crippen LogP contribution in [-0.4, -0.2) is 19.6 Å². The highest BCUT2D eigenvalue weighted by molar-refractivity contribution is 4.94. The van der Waals surface area contributed by atoms with Crippen LogP contribution < -0.4 is 0 Å². The average molecular weight is 164 g/mol. The molecule has 0 saturated heterocycles. The molecule has 0 unspecified atom stereocenters. The van der Waals surface area contributed by atoms with Crippen LogP contribution in [0, 0.1) is 0 Å². The molecule has 11 heavy (non-hydrogen) atoms. The largest absolute Gasteiger partial charge is 0.378 e. The van der Waals surface area contributed by atoms with Crippen molar-refractivity contribution in [3.8, 4) is 0 Å². The van der Waals surface area contributed by atoms with E-state index in [1.54, 1.807) is 0 Å². The Balaban J connectivity index is 3.69. The van der Waals surface area contributed by atoms with Gasteiger partial charge < -0.3 is 4.74 Å². The van der Waals surface area contributed by atoms with Crippen LogP contribution in [0.3, 0.4) is 0 Å². The van der Waals surface area contributed by atoms with E-state index in [9.17, 15) is 8.78 Å². The third-order valence-electron chi connectivity index (χ3n) is 1.15. The van der Waals surface area contributed by atoms with Crippen molar-refractivity contribution in [1.29, 1.82) is 0 Å². The average Bonchev–Trinajstić information content (AvgIpc) is 1.87. The SMILES string of the molecule is CCC/C=C/C(F)(F)COC. The van der Waals surface area contributed by atoms with E-state index in [4.69, 9.17) is 0 Å². The van der Waals surface area contributed by atoms with Crippen molar-refractivity contribution < 1.29 is 13.5 Å². The first-order chi connectivity index (χ1) is 5.12. The number of hydrogen-bond donors (Lipinski definition) is 0. The van der Waals surface area contributed by atoms with Gasteiger partial charge in [-0.15, -0.1) is 0 Å². The summed E-state index contributed by atoms with van der Waals surface area (Å²) in [5.74, 6) is -2.80. The highest BCUT2D eigenvalue weighted by Gasteiger charge is 2.23. The molecule has 0 saturated carbocycles. The van der Waals surface area contributed by atoms with Crippen molar-refractivity contribution in [3.63, 3.8) is 0 Å². The Hall–Kier alpha value is -0.440. The zero-order valence-electron chi connectivity index (χ0n) is 6.94. The second kappa shape index (κ2) is 5.24. The van der Waals surface area contributed by atoms with E-state index in [0.717, 1.165) is 12.5 Å². The van der Waals surface area contributed by atoms with E-state index in [0.29, 0.717) is 6.42 Å². The van der Waals surface area contributed by atoms with Crippen LogP contribution in [0.5, 0.6) is 0 Å². The molecule has 1 nitrogen and oxygen atoms in total. The molecule has 0 aliphatic rings. The molecule has 0 aromatic carbocycles. The van der Waals surface area contributed by atoms with Gasteiger partial charge in [0.2, 0.25) is 0 Å². The Labute approximate surface area is 66.0 Å². The molecule has 0 aromatic heterocycles. The van der Waals surface area contributed by atoms with Gasteiger partial charge in [-0.05, 0) is 12.5 Å². The molecular formula is C8H14F2O. The molecule has 0 spiro atoms. The van der Waals surface area contributed by atoms with Gasteiger partial charge in [0.05, 0.1) is 0 Å². The monoisotopic (exact) mass is 164 g/mol. The molecule has 0 heterocycles. The fraction of sp³-hybridized carbons (Fsp3) is 0.750. The molecule has 0 aliphatic heterocycles. The molecule has 3 heteroatoms. The molecule has 0 fully saturated rings. The summed E-state index contributed by atoms with van der Waals surface area (Å²) in [7, 11) is 1.27. The van der Waals surface area contributed by atoms with Crippen molar-refractivity contribution in [3.05, 3.63) is 12.2 Å². The number of allylic oxidation sites excluding steroid dienone is 1. The maximum atomic E-state index is 12.5.